The van der Waals surface area contributed by atoms with Gasteiger partial charge in [0, 0.05) is 28.1 Å². The molecule has 1 aromatic heterocycles. The van der Waals surface area contributed by atoms with Crippen LogP contribution in [0.4, 0.5) is 14.6 Å². The number of hydrogen-bond acceptors (Lipinski definition) is 3. The van der Waals surface area contributed by atoms with Gasteiger partial charge in [0.15, 0.2) is 11.6 Å². The van der Waals surface area contributed by atoms with E-state index in [1.807, 2.05) is 0 Å². The van der Waals surface area contributed by atoms with E-state index in [9.17, 15) is 18.4 Å². The molecular weight excluding hydrogens is 432 g/mol. The predicted octanol–water partition coefficient (Wildman–Crippen LogP) is 4.53. The van der Waals surface area contributed by atoms with Gasteiger partial charge in [0.25, 0.3) is 0 Å². The molecule has 0 bridgehead atoms. The first-order valence-corrected chi connectivity index (χ1v) is 9.29. The van der Waals surface area contributed by atoms with E-state index < -0.39 is 17.6 Å². The number of ketones is 1. The molecule has 5 nitrogen and oxygen atoms in total. The normalized spacial score (nSPS) is 15.9. The van der Waals surface area contributed by atoms with Crippen LogP contribution in [0.1, 0.15) is 34.0 Å². The van der Waals surface area contributed by atoms with E-state index in [1.165, 1.54) is 10.7 Å². The molecule has 0 spiro atoms. The summed E-state index contributed by atoms with van der Waals surface area (Å²) in [6, 6.07) is 9.95. The Morgan fingerprint density at radius 3 is 2.61 bits per heavy atom. The van der Waals surface area contributed by atoms with Crippen molar-refractivity contribution in [3.05, 3.63) is 75.4 Å². The molecule has 2 aromatic carbocycles. The molecule has 0 fully saturated rings. The third-order valence-electron chi connectivity index (χ3n) is 4.69. The first-order chi connectivity index (χ1) is 13.3. The molecule has 3 aromatic rings. The van der Waals surface area contributed by atoms with Crippen molar-refractivity contribution >= 4 is 33.4 Å². The number of halogens is 3. The number of aromatic nitrogens is 2. The van der Waals surface area contributed by atoms with Gasteiger partial charge in [-0.1, -0.05) is 28.1 Å². The molecule has 0 aliphatic carbocycles. The largest absolute Gasteiger partial charge is 0.310 e. The molecule has 0 radical (unpaired) electrons. The van der Waals surface area contributed by atoms with Crippen molar-refractivity contribution in [3.8, 4) is 5.69 Å². The predicted molar refractivity (Wildman–Crippen MR) is 103 cm³/mol. The SMILES string of the molecule is Cc1nn(-c2ccc(F)cc2F)c2c1[C@H](C(=O)c1ccc(Br)cc1)CC(=O)N2. The number of hydrogen-bond donors (Lipinski definition) is 1. The number of fused-ring (bicyclic) bond motifs is 1. The average molecular weight is 446 g/mol. The van der Waals surface area contributed by atoms with Gasteiger partial charge >= 0.3 is 0 Å². The second-order valence-electron chi connectivity index (χ2n) is 6.53. The van der Waals surface area contributed by atoms with Crippen LogP contribution < -0.4 is 5.32 Å². The Kier molecular flexibility index (Phi) is 4.58. The first-order valence-electron chi connectivity index (χ1n) is 8.49. The minimum atomic E-state index is -0.819. The number of Topliss-reactive ketones (excluding diaryl/α,β-unsaturated/α-hetero) is 1. The van der Waals surface area contributed by atoms with E-state index >= 15 is 0 Å². The maximum atomic E-state index is 14.3. The lowest BCUT2D eigenvalue weighted by Crippen LogP contribution is -2.28. The van der Waals surface area contributed by atoms with E-state index in [0.29, 0.717) is 16.8 Å². The Morgan fingerprint density at radius 1 is 1.21 bits per heavy atom. The molecule has 1 amide bonds. The van der Waals surface area contributed by atoms with Crippen molar-refractivity contribution in [1.29, 1.82) is 0 Å². The standard InChI is InChI=1S/C20H14BrF2N3O2/c1-10-18-14(19(28)11-2-4-12(21)5-3-11)9-17(27)24-20(18)26(25-10)16-7-6-13(22)8-15(16)23/h2-8,14H,9H2,1H3,(H,24,27)/t14-/m1/s1. The zero-order valence-corrected chi connectivity index (χ0v) is 16.3. The topological polar surface area (TPSA) is 64.0 Å². The lowest BCUT2D eigenvalue weighted by molar-refractivity contribution is -0.116. The maximum absolute atomic E-state index is 14.3. The number of aryl methyl sites for hydroxylation is 1. The zero-order valence-electron chi connectivity index (χ0n) is 14.7. The first kappa shape index (κ1) is 18.5. The van der Waals surface area contributed by atoms with Gasteiger partial charge in [-0.15, -0.1) is 0 Å². The molecule has 2 heterocycles. The van der Waals surface area contributed by atoms with Crippen molar-refractivity contribution in [2.24, 2.45) is 0 Å². The second-order valence-corrected chi connectivity index (χ2v) is 7.45. The lowest BCUT2D eigenvalue weighted by atomic mass is 9.85. The highest BCUT2D eigenvalue weighted by Crippen LogP contribution is 2.38. The van der Waals surface area contributed by atoms with Crippen LogP contribution in [0.15, 0.2) is 46.9 Å². The van der Waals surface area contributed by atoms with E-state index in [1.54, 1.807) is 31.2 Å². The molecule has 1 aliphatic heterocycles. The highest BCUT2D eigenvalue weighted by molar-refractivity contribution is 9.10. The number of nitrogens with one attached hydrogen (secondary N) is 1. The summed E-state index contributed by atoms with van der Waals surface area (Å²) in [5, 5.41) is 6.98. The molecule has 0 unspecified atom stereocenters. The molecule has 1 N–H and O–H groups in total. The van der Waals surface area contributed by atoms with Crippen LogP contribution in [0, 0.1) is 18.6 Å². The molecule has 142 valence electrons. The summed E-state index contributed by atoms with van der Waals surface area (Å²) in [4.78, 5) is 25.4. The van der Waals surface area contributed by atoms with E-state index in [-0.39, 0.29) is 29.6 Å². The molecule has 0 saturated heterocycles. The Balaban J connectivity index is 1.83. The molecule has 1 atom stereocenters. The van der Waals surface area contributed by atoms with Gasteiger partial charge in [0.1, 0.15) is 17.3 Å². The van der Waals surface area contributed by atoms with Crippen LogP contribution >= 0.6 is 15.9 Å². The molecule has 0 saturated carbocycles. The van der Waals surface area contributed by atoms with Gasteiger partial charge < -0.3 is 5.32 Å². The van der Waals surface area contributed by atoms with Crippen LogP contribution in [0.5, 0.6) is 0 Å². The Bertz CT molecular complexity index is 1110. The summed E-state index contributed by atoms with van der Waals surface area (Å²) in [5.74, 6) is -2.62. The number of rotatable bonds is 3. The van der Waals surface area contributed by atoms with Gasteiger partial charge in [0.2, 0.25) is 5.91 Å². The quantitative estimate of drug-likeness (QED) is 0.602. The summed E-state index contributed by atoms with van der Waals surface area (Å²) in [5.41, 5.74) is 1.49. The fourth-order valence-electron chi connectivity index (χ4n) is 3.41. The highest BCUT2D eigenvalue weighted by atomic mass is 79.9. The summed E-state index contributed by atoms with van der Waals surface area (Å²) >= 11 is 3.33. The zero-order chi connectivity index (χ0) is 20.0. The third kappa shape index (κ3) is 3.13. The van der Waals surface area contributed by atoms with E-state index in [4.69, 9.17) is 0 Å². The van der Waals surface area contributed by atoms with Crippen molar-refractivity contribution in [3.63, 3.8) is 0 Å². The molecule has 8 heteroatoms. The Labute approximate surface area is 167 Å². The Morgan fingerprint density at radius 2 is 1.93 bits per heavy atom. The van der Waals surface area contributed by atoms with Crippen LogP contribution in [0.25, 0.3) is 5.69 Å². The summed E-state index contributed by atoms with van der Waals surface area (Å²) in [6.07, 6.45) is -0.0274. The number of nitrogens with zero attached hydrogens (tertiary/aromatic N) is 2. The van der Waals surface area contributed by atoms with Gasteiger partial charge in [-0.05, 0) is 31.2 Å². The molecule has 4 rings (SSSR count). The monoisotopic (exact) mass is 445 g/mol. The molecular formula is C20H14BrF2N3O2. The third-order valence-corrected chi connectivity index (χ3v) is 5.21. The minimum absolute atomic E-state index is 0.0113. The number of anilines is 1. The summed E-state index contributed by atoms with van der Waals surface area (Å²) in [7, 11) is 0. The number of amides is 1. The second kappa shape index (κ2) is 6.94. The smallest absolute Gasteiger partial charge is 0.226 e. The molecule has 28 heavy (non-hydrogen) atoms. The van der Waals surface area contributed by atoms with Crippen molar-refractivity contribution in [2.45, 2.75) is 19.3 Å². The van der Waals surface area contributed by atoms with Crippen molar-refractivity contribution in [1.82, 2.24) is 9.78 Å². The minimum Gasteiger partial charge on any atom is -0.310 e. The number of carbonyl (C=O) groups is 2. The van der Waals surface area contributed by atoms with Crippen LogP contribution in [0.2, 0.25) is 0 Å². The van der Waals surface area contributed by atoms with Gasteiger partial charge in [-0.25, -0.2) is 13.5 Å². The summed E-state index contributed by atoms with van der Waals surface area (Å²) in [6.45, 7) is 1.69. The van der Waals surface area contributed by atoms with Crippen LogP contribution in [-0.2, 0) is 4.79 Å². The Hall–Kier alpha value is -2.87. The van der Waals surface area contributed by atoms with Crippen molar-refractivity contribution < 1.29 is 18.4 Å². The van der Waals surface area contributed by atoms with Crippen LogP contribution in [0.3, 0.4) is 0 Å². The maximum Gasteiger partial charge on any atom is 0.226 e. The van der Waals surface area contributed by atoms with Crippen LogP contribution in [-0.4, -0.2) is 21.5 Å². The fraction of sp³-hybridized carbons (Fsp3) is 0.150. The fourth-order valence-corrected chi connectivity index (χ4v) is 3.68. The van der Waals surface area contributed by atoms with Gasteiger partial charge in [-0.3, -0.25) is 9.59 Å². The number of benzene rings is 2. The molecule has 1 aliphatic rings. The lowest BCUT2D eigenvalue weighted by Gasteiger charge is -2.23. The average Bonchev–Trinajstić information content (AvgIpc) is 2.97. The van der Waals surface area contributed by atoms with Gasteiger partial charge in [-0.2, -0.15) is 5.10 Å². The number of carbonyl (C=O) groups excluding carboxylic acids is 2. The highest BCUT2D eigenvalue weighted by Gasteiger charge is 2.36. The summed E-state index contributed by atoms with van der Waals surface area (Å²) < 4.78 is 29.6. The van der Waals surface area contributed by atoms with Crippen molar-refractivity contribution in [2.75, 3.05) is 5.32 Å². The van der Waals surface area contributed by atoms with E-state index in [2.05, 4.69) is 26.3 Å². The van der Waals surface area contributed by atoms with E-state index in [0.717, 1.165) is 16.6 Å². The van der Waals surface area contributed by atoms with Gasteiger partial charge in [0.05, 0.1) is 11.6 Å².